The molecule has 38 heavy (non-hydrogen) atoms. The molecule has 8 heteroatoms. The lowest BCUT2D eigenvalue weighted by atomic mass is 9.72. The summed E-state index contributed by atoms with van der Waals surface area (Å²) in [5.74, 6) is 4.38. The number of fused-ring (bicyclic) bond motifs is 4. The predicted molar refractivity (Wildman–Crippen MR) is 158 cm³/mol. The van der Waals surface area contributed by atoms with Crippen LogP contribution in [0.25, 0.3) is 0 Å². The third-order valence-corrected chi connectivity index (χ3v) is 9.57. The largest absolute Gasteiger partial charge is 0.493 e. The molecule has 0 bridgehead atoms. The average Bonchev–Trinajstić information content (AvgIpc) is 2.94. The SMILES string of the molecule is CC[C@H]1CN2CCc3cc(OC)c(OC)cc3C2C[C@@H]1C[C@@H]1c2cc(OC)c(OC)cc2CCN1C(=S)S. The summed E-state index contributed by atoms with van der Waals surface area (Å²) >= 11 is 10.3. The highest BCUT2D eigenvalue weighted by atomic mass is 32.1. The molecule has 1 unspecified atom stereocenters. The first-order chi connectivity index (χ1) is 18.4. The smallest absolute Gasteiger partial charge is 0.161 e. The maximum atomic E-state index is 5.70. The number of ether oxygens (including phenoxy) is 4. The molecule has 4 atom stereocenters. The van der Waals surface area contributed by atoms with E-state index in [-0.39, 0.29) is 6.04 Å². The zero-order valence-corrected chi connectivity index (χ0v) is 24.9. The van der Waals surface area contributed by atoms with E-state index in [1.807, 2.05) is 0 Å². The summed E-state index contributed by atoms with van der Waals surface area (Å²) in [6.45, 7) is 5.42. The van der Waals surface area contributed by atoms with Crippen LogP contribution >= 0.6 is 24.8 Å². The monoisotopic (exact) mass is 556 g/mol. The van der Waals surface area contributed by atoms with E-state index >= 15 is 0 Å². The summed E-state index contributed by atoms with van der Waals surface area (Å²) in [5, 5.41) is 0. The van der Waals surface area contributed by atoms with Gasteiger partial charge in [-0.15, -0.1) is 12.6 Å². The second-order valence-corrected chi connectivity index (χ2v) is 11.8. The number of piperidine rings is 1. The van der Waals surface area contributed by atoms with Gasteiger partial charge in [0.05, 0.1) is 34.5 Å². The van der Waals surface area contributed by atoms with Gasteiger partial charge in [0.15, 0.2) is 23.0 Å². The van der Waals surface area contributed by atoms with Gasteiger partial charge in [-0.05, 0) is 84.0 Å². The molecule has 0 amide bonds. The zero-order chi connectivity index (χ0) is 27.0. The lowest BCUT2D eigenvalue weighted by Crippen LogP contribution is -2.47. The third-order valence-electron chi connectivity index (χ3n) is 9.07. The Kier molecular flexibility index (Phi) is 8.31. The van der Waals surface area contributed by atoms with Crippen LogP contribution in [0.3, 0.4) is 0 Å². The van der Waals surface area contributed by atoms with Crippen LogP contribution in [-0.4, -0.2) is 62.2 Å². The van der Waals surface area contributed by atoms with E-state index < -0.39 is 0 Å². The van der Waals surface area contributed by atoms with Crippen molar-refractivity contribution in [2.75, 3.05) is 48.1 Å². The molecule has 3 heterocycles. The lowest BCUT2D eigenvalue weighted by molar-refractivity contribution is 0.0381. The van der Waals surface area contributed by atoms with Crippen LogP contribution in [0.2, 0.25) is 0 Å². The van der Waals surface area contributed by atoms with Crippen molar-refractivity contribution in [1.29, 1.82) is 0 Å². The van der Waals surface area contributed by atoms with Crippen LogP contribution in [0, 0.1) is 11.8 Å². The van der Waals surface area contributed by atoms with E-state index in [9.17, 15) is 0 Å². The number of methoxy groups -OCH3 is 4. The van der Waals surface area contributed by atoms with E-state index in [1.54, 1.807) is 28.4 Å². The van der Waals surface area contributed by atoms with Gasteiger partial charge in [0.1, 0.15) is 4.32 Å². The first-order valence-corrected chi connectivity index (χ1v) is 14.5. The van der Waals surface area contributed by atoms with Crippen LogP contribution in [0.15, 0.2) is 24.3 Å². The van der Waals surface area contributed by atoms with Crippen molar-refractivity contribution >= 4 is 29.2 Å². The van der Waals surface area contributed by atoms with Crippen molar-refractivity contribution in [3.63, 3.8) is 0 Å². The molecule has 3 aliphatic heterocycles. The quantitative estimate of drug-likeness (QED) is 0.338. The Morgan fingerprint density at radius 1 is 0.842 bits per heavy atom. The van der Waals surface area contributed by atoms with Crippen molar-refractivity contribution in [3.05, 3.63) is 46.5 Å². The molecule has 0 aliphatic carbocycles. The van der Waals surface area contributed by atoms with Crippen molar-refractivity contribution < 1.29 is 18.9 Å². The Labute approximate surface area is 238 Å². The number of hydrogen-bond donors (Lipinski definition) is 1. The van der Waals surface area contributed by atoms with Gasteiger partial charge in [0.2, 0.25) is 0 Å². The van der Waals surface area contributed by atoms with Crippen LogP contribution in [0.5, 0.6) is 23.0 Å². The van der Waals surface area contributed by atoms with Crippen molar-refractivity contribution in [2.24, 2.45) is 11.8 Å². The fourth-order valence-electron chi connectivity index (χ4n) is 7.05. The normalized spacial score (nSPS) is 24.6. The molecule has 3 aliphatic rings. The van der Waals surface area contributed by atoms with Crippen LogP contribution < -0.4 is 18.9 Å². The molecule has 5 rings (SSSR count). The van der Waals surface area contributed by atoms with Crippen LogP contribution in [-0.2, 0) is 12.8 Å². The van der Waals surface area contributed by atoms with E-state index in [0.717, 1.165) is 68.3 Å². The number of thiol groups is 1. The topological polar surface area (TPSA) is 43.4 Å². The number of thiocarbonyl (C=S) groups is 1. The fraction of sp³-hybridized carbons (Fsp3) is 0.567. The third kappa shape index (κ3) is 4.95. The minimum atomic E-state index is 0.169. The van der Waals surface area contributed by atoms with Gasteiger partial charge in [0.25, 0.3) is 0 Å². The van der Waals surface area contributed by atoms with Crippen LogP contribution in [0.1, 0.15) is 60.5 Å². The van der Waals surface area contributed by atoms with Gasteiger partial charge in [-0.1, -0.05) is 25.6 Å². The maximum absolute atomic E-state index is 5.70. The van der Waals surface area contributed by atoms with Crippen molar-refractivity contribution in [3.8, 4) is 23.0 Å². The van der Waals surface area contributed by atoms with Gasteiger partial charge >= 0.3 is 0 Å². The Hall–Kier alpha value is -2.16. The Balaban J connectivity index is 1.49. The average molecular weight is 557 g/mol. The highest BCUT2D eigenvalue weighted by molar-refractivity contribution is 8.10. The highest BCUT2D eigenvalue weighted by Crippen LogP contribution is 2.49. The predicted octanol–water partition coefficient (Wildman–Crippen LogP) is 5.87. The van der Waals surface area contributed by atoms with Gasteiger partial charge in [-0.25, -0.2) is 0 Å². The minimum Gasteiger partial charge on any atom is -0.493 e. The molecule has 206 valence electrons. The summed E-state index contributed by atoms with van der Waals surface area (Å²) in [6.07, 6.45) is 5.29. The molecule has 0 radical (unpaired) electrons. The van der Waals surface area contributed by atoms with Gasteiger partial charge in [-0.3, -0.25) is 4.90 Å². The van der Waals surface area contributed by atoms with E-state index in [0.29, 0.717) is 22.2 Å². The summed E-state index contributed by atoms with van der Waals surface area (Å²) in [4.78, 5) is 5.01. The standard InChI is InChI=1S/C30H40N2O4S2/c1-6-18-17-31-9-7-19-13-26(33-2)28(35-4)15-22(19)24(31)11-21(18)12-25-23-16-29(36-5)27(34-3)14-20(23)8-10-32(25)30(37)38/h13-16,18,21,24-25H,6-12,17H2,1-5H3,(H,37,38)/t18-,21+,24?,25+/m0/s1. The molecular formula is C30H40N2O4S2. The molecular weight excluding hydrogens is 516 g/mol. The molecule has 2 aromatic carbocycles. The molecule has 1 fully saturated rings. The van der Waals surface area contributed by atoms with Crippen LogP contribution in [0.4, 0.5) is 0 Å². The lowest BCUT2D eigenvalue weighted by Gasteiger charge is -2.49. The summed E-state index contributed by atoms with van der Waals surface area (Å²) in [5.41, 5.74) is 5.39. The molecule has 0 saturated carbocycles. The molecule has 1 saturated heterocycles. The summed E-state index contributed by atoms with van der Waals surface area (Å²) < 4.78 is 23.3. The first kappa shape index (κ1) is 27.4. The Morgan fingerprint density at radius 3 is 1.97 bits per heavy atom. The molecule has 0 N–H and O–H groups in total. The fourth-order valence-corrected chi connectivity index (χ4v) is 7.51. The number of rotatable bonds is 7. The second-order valence-electron chi connectivity index (χ2n) is 10.7. The maximum Gasteiger partial charge on any atom is 0.161 e. The minimum absolute atomic E-state index is 0.169. The van der Waals surface area contributed by atoms with Gasteiger partial charge in [-0.2, -0.15) is 0 Å². The Bertz CT molecular complexity index is 1190. The number of hydrogen-bond acceptors (Lipinski definition) is 6. The molecule has 0 aromatic heterocycles. The zero-order valence-electron chi connectivity index (χ0n) is 23.2. The van der Waals surface area contributed by atoms with E-state index in [4.69, 9.17) is 31.2 Å². The van der Waals surface area contributed by atoms with Gasteiger partial charge in [0, 0.05) is 25.7 Å². The molecule has 2 aromatic rings. The van der Waals surface area contributed by atoms with Gasteiger partial charge < -0.3 is 23.8 Å². The van der Waals surface area contributed by atoms with E-state index in [1.165, 1.54) is 28.7 Å². The van der Waals surface area contributed by atoms with Crippen molar-refractivity contribution in [1.82, 2.24) is 9.80 Å². The number of nitrogens with zero attached hydrogens (tertiary/aromatic N) is 2. The number of benzene rings is 2. The van der Waals surface area contributed by atoms with Crippen molar-refractivity contribution in [2.45, 2.75) is 51.1 Å². The second kappa shape index (κ2) is 11.5. The Morgan fingerprint density at radius 2 is 1.39 bits per heavy atom. The molecule has 6 nitrogen and oxygen atoms in total. The molecule has 0 spiro atoms. The highest BCUT2D eigenvalue weighted by Gasteiger charge is 2.41. The summed E-state index contributed by atoms with van der Waals surface area (Å²) in [6, 6.07) is 9.27. The summed E-state index contributed by atoms with van der Waals surface area (Å²) in [7, 11) is 6.84. The van der Waals surface area contributed by atoms with E-state index in [2.05, 4.69) is 53.6 Å². The first-order valence-electron chi connectivity index (χ1n) is 13.6.